The van der Waals surface area contributed by atoms with Gasteiger partial charge in [0.1, 0.15) is 0 Å². The van der Waals surface area contributed by atoms with Crippen LogP contribution in [-0.2, 0) is 0 Å². The first kappa shape index (κ1) is 12.7. The Labute approximate surface area is 87.2 Å². The van der Waals surface area contributed by atoms with Gasteiger partial charge in [0.25, 0.3) is 0 Å². The van der Waals surface area contributed by atoms with Crippen LogP contribution in [0.25, 0.3) is 0 Å². The van der Waals surface area contributed by atoms with Gasteiger partial charge in [-0.2, -0.15) is 13.2 Å². The van der Waals surface area contributed by atoms with Gasteiger partial charge in [-0.15, -0.1) is 0 Å². The molecule has 0 bridgehead atoms. The molecule has 15 heavy (non-hydrogen) atoms. The summed E-state index contributed by atoms with van der Waals surface area (Å²) < 4.78 is 50.5. The maximum Gasteiger partial charge on any atom is 0.422 e. The van der Waals surface area contributed by atoms with E-state index in [-0.39, 0.29) is 12.0 Å². The van der Waals surface area contributed by atoms with Gasteiger partial charge in [-0.25, -0.2) is 4.39 Å². The fourth-order valence-corrected chi connectivity index (χ4v) is 2.12. The summed E-state index contributed by atoms with van der Waals surface area (Å²) in [6.45, 7) is 1.92. The van der Waals surface area contributed by atoms with Crippen molar-refractivity contribution in [3.8, 4) is 0 Å². The van der Waals surface area contributed by atoms with E-state index in [1.807, 2.05) is 6.92 Å². The van der Waals surface area contributed by atoms with Crippen LogP contribution in [0.15, 0.2) is 0 Å². The second-order valence-corrected chi connectivity index (χ2v) is 4.38. The molecule has 1 aliphatic carbocycles. The van der Waals surface area contributed by atoms with Gasteiger partial charge in [-0.05, 0) is 45.6 Å². The zero-order valence-electron chi connectivity index (χ0n) is 8.99. The molecule has 0 aromatic rings. The summed E-state index contributed by atoms with van der Waals surface area (Å²) in [6.07, 6.45) is -4.89. The van der Waals surface area contributed by atoms with Crippen molar-refractivity contribution in [2.24, 2.45) is 5.92 Å². The Morgan fingerprint density at radius 2 is 1.73 bits per heavy atom. The zero-order valence-corrected chi connectivity index (χ0v) is 8.99. The van der Waals surface area contributed by atoms with E-state index in [0.29, 0.717) is 12.8 Å². The SMILES string of the molecule is CNC(C)C1CCC(F)(C(F)(F)F)CC1. The van der Waals surface area contributed by atoms with E-state index < -0.39 is 24.7 Å². The molecule has 1 rings (SSSR count). The van der Waals surface area contributed by atoms with E-state index in [1.54, 1.807) is 7.05 Å². The van der Waals surface area contributed by atoms with Gasteiger partial charge in [0.2, 0.25) is 5.67 Å². The number of halogens is 4. The molecule has 1 saturated carbocycles. The van der Waals surface area contributed by atoms with Crippen molar-refractivity contribution >= 4 is 0 Å². The first-order valence-corrected chi connectivity index (χ1v) is 5.23. The Hall–Kier alpha value is -0.320. The van der Waals surface area contributed by atoms with Crippen LogP contribution in [-0.4, -0.2) is 24.9 Å². The topological polar surface area (TPSA) is 12.0 Å². The van der Waals surface area contributed by atoms with Crippen LogP contribution in [0.5, 0.6) is 0 Å². The molecule has 1 atom stereocenters. The van der Waals surface area contributed by atoms with Crippen molar-refractivity contribution in [3.63, 3.8) is 0 Å². The molecular formula is C10H17F4N. The number of hydrogen-bond donors (Lipinski definition) is 1. The average Bonchev–Trinajstić information content (AvgIpc) is 2.16. The van der Waals surface area contributed by atoms with E-state index in [1.165, 1.54) is 0 Å². The summed E-state index contributed by atoms with van der Waals surface area (Å²) in [7, 11) is 1.77. The molecule has 1 N–H and O–H groups in total. The second-order valence-electron chi connectivity index (χ2n) is 4.38. The highest BCUT2D eigenvalue weighted by Crippen LogP contribution is 2.46. The monoisotopic (exact) mass is 227 g/mol. The molecule has 0 amide bonds. The molecule has 0 saturated heterocycles. The number of hydrogen-bond acceptors (Lipinski definition) is 1. The van der Waals surface area contributed by atoms with Gasteiger partial charge in [0.05, 0.1) is 0 Å². The molecule has 0 spiro atoms. The average molecular weight is 227 g/mol. The van der Waals surface area contributed by atoms with Crippen LogP contribution >= 0.6 is 0 Å². The van der Waals surface area contributed by atoms with E-state index in [0.717, 1.165) is 0 Å². The maximum atomic E-state index is 13.5. The standard InChI is InChI=1S/C10H17F4N/c1-7(15-2)8-3-5-9(11,6-4-8)10(12,13)14/h7-8,15H,3-6H2,1-2H3. The van der Waals surface area contributed by atoms with Gasteiger partial charge in [0, 0.05) is 6.04 Å². The molecule has 90 valence electrons. The van der Waals surface area contributed by atoms with Gasteiger partial charge in [-0.3, -0.25) is 0 Å². The van der Waals surface area contributed by atoms with Crippen molar-refractivity contribution < 1.29 is 17.6 Å². The molecule has 0 aromatic heterocycles. The summed E-state index contributed by atoms with van der Waals surface area (Å²) in [5.41, 5.74) is -2.95. The second kappa shape index (κ2) is 4.28. The predicted octanol–water partition coefficient (Wildman–Crippen LogP) is 3.06. The molecule has 1 aliphatic rings. The number of rotatable bonds is 2. The van der Waals surface area contributed by atoms with Crippen molar-refractivity contribution in [1.82, 2.24) is 5.32 Å². The van der Waals surface area contributed by atoms with Crippen LogP contribution in [0.3, 0.4) is 0 Å². The normalized spacial score (nSPS) is 35.2. The molecular weight excluding hydrogens is 210 g/mol. The van der Waals surface area contributed by atoms with E-state index in [9.17, 15) is 17.6 Å². The highest BCUT2D eigenvalue weighted by Gasteiger charge is 2.56. The molecule has 1 fully saturated rings. The molecule has 0 radical (unpaired) electrons. The third kappa shape index (κ3) is 2.62. The van der Waals surface area contributed by atoms with Gasteiger partial charge < -0.3 is 5.32 Å². The Morgan fingerprint density at radius 1 is 1.27 bits per heavy atom. The summed E-state index contributed by atoms with van der Waals surface area (Å²) in [5, 5.41) is 3.00. The van der Waals surface area contributed by atoms with Crippen LogP contribution in [0, 0.1) is 5.92 Å². The third-order valence-electron chi connectivity index (χ3n) is 3.49. The van der Waals surface area contributed by atoms with Crippen molar-refractivity contribution in [2.75, 3.05) is 7.05 Å². The minimum Gasteiger partial charge on any atom is -0.317 e. The minimum atomic E-state index is -4.71. The third-order valence-corrected chi connectivity index (χ3v) is 3.49. The van der Waals surface area contributed by atoms with Crippen molar-refractivity contribution in [3.05, 3.63) is 0 Å². The lowest BCUT2D eigenvalue weighted by Gasteiger charge is -2.37. The smallest absolute Gasteiger partial charge is 0.317 e. The first-order chi connectivity index (χ1) is 6.80. The fourth-order valence-electron chi connectivity index (χ4n) is 2.12. The Balaban J connectivity index is 2.55. The van der Waals surface area contributed by atoms with E-state index >= 15 is 0 Å². The van der Waals surface area contributed by atoms with Crippen LogP contribution in [0.1, 0.15) is 32.6 Å². The lowest BCUT2D eigenvalue weighted by Crippen LogP contribution is -2.46. The van der Waals surface area contributed by atoms with Gasteiger partial charge in [0.15, 0.2) is 0 Å². The van der Waals surface area contributed by atoms with Gasteiger partial charge >= 0.3 is 6.18 Å². The van der Waals surface area contributed by atoms with Crippen LogP contribution < -0.4 is 5.32 Å². The number of alkyl halides is 4. The largest absolute Gasteiger partial charge is 0.422 e. The Bertz CT molecular complexity index is 206. The van der Waals surface area contributed by atoms with Crippen LogP contribution in [0.2, 0.25) is 0 Å². The van der Waals surface area contributed by atoms with E-state index in [2.05, 4.69) is 5.32 Å². The molecule has 1 nitrogen and oxygen atoms in total. The molecule has 5 heteroatoms. The summed E-state index contributed by atoms with van der Waals surface area (Å²) in [5.74, 6) is 0.154. The number of nitrogens with one attached hydrogen (secondary N) is 1. The summed E-state index contributed by atoms with van der Waals surface area (Å²) in [6, 6.07) is 0.155. The van der Waals surface area contributed by atoms with Gasteiger partial charge in [-0.1, -0.05) is 0 Å². The fraction of sp³-hybridized carbons (Fsp3) is 1.00. The molecule has 0 aliphatic heterocycles. The Kier molecular flexibility index (Phi) is 3.63. The first-order valence-electron chi connectivity index (χ1n) is 5.23. The summed E-state index contributed by atoms with van der Waals surface area (Å²) >= 11 is 0. The zero-order chi connectivity index (χ0) is 11.7. The highest BCUT2D eigenvalue weighted by molar-refractivity contribution is 4.93. The Morgan fingerprint density at radius 3 is 2.07 bits per heavy atom. The van der Waals surface area contributed by atoms with Crippen molar-refractivity contribution in [2.45, 2.75) is 50.5 Å². The highest BCUT2D eigenvalue weighted by atomic mass is 19.4. The van der Waals surface area contributed by atoms with Crippen LogP contribution in [0.4, 0.5) is 17.6 Å². The molecule has 0 aromatic carbocycles. The quantitative estimate of drug-likeness (QED) is 0.715. The summed E-state index contributed by atoms with van der Waals surface area (Å²) in [4.78, 5) is 0. The minimum absolute atomic E-state index is 0.154. The maximum absolute atomic E-state index is 13.5. The lowest BCUT2D eigenvalue weighted by atomic mass is 9.77. The molecule has 1 unspecified atom stereocenters. The van der Waals surface area contributed by atoms with Crippen molar-refractivity contribution in [1.29, 1.82) is 0 Å². The molecule has 0 heterocycles. The lowest BCUT2D eigenvalue weighted by molar-refractivity contribution is -0.242. The predicted molar refractivity (Wildman–Crippen MR) is 50.4 cm³/mol. The van der Waals surface area contributed by atoms with E-state index in [4.69, 9.17) is 0 Å².